The average molecular weight is 437 g/mol. The van der Waals surface area contributed by atoms with Crippen molar-refractivity contribution in [1.29, 1.82) is 0 Å². The van der Waals surface area contributed by atoms with Crippen molar-refractivity contribution in [1.82, 2.24) is 24.7 Å². The molecule has 8 heteroatoms. The molecule has 0 atom stereocenters. The fourth-order valence-corrected chi connectivity index (χ4v) is 3.35. The Kier molecular flexibility index (Phi) is 10.3. The first-order chi connectivity index (χ1) is 15.8. The Morgan fingerprint density at radius 2 is 1.84 bits per heavy atom. The third-order valence-corrected chi connectivity index (χ3v) is 4.75. The van der Waals surface area contributed by atoms with E-state index in [0.717, 1.165) is 54.6 Å². The summed E-state index contributed by atoms with van der Waals surface area (Å²) in [5.41, 5.74) is 3.69. The highest BCUT2D eigenvalue weighted by molar-refractivity contribution is 6.09. The van der Waals surface area contributed by atoms with E-state index in [2.05, 4.69) is 41.5 Å². The molecule has 0 aromatic carbocycles. The van der Waals surface area contributed by atoms with Crippen molar-refractivity contribution < 1.29 is 0 Å². The third-order valence-electron chi connectivity index (χ3n) is 4.75. The van der Waals surface area contributed by atoms with Crippen LogP contribution < -0.4 is 15.5 Å². The van der Waals surface area contributed by atoms with Gasteiger partial charge in [0.1, 0.15) is 5.82 Å². The van der Waals surface area contributed by atoms with Crippen LogP contribution in [0.5, 0.6) is 0 Å². The van der Waals surface area contributed by atoms with Crippen molar-refractivity contribution in [3.63, 3.8) is 0 Å². The number of pyridine rings is 1. The van der Waals surface area contributed by atoms with Crippen LogP contribution >= 0.6 is 0 Å². The van der Waals surface area contributed by atoms with Gasteiger partial charge in [0.15, 0.2) is 11.5 Å². The highest BCUT2D eigenvalue weighted by Gasteiger charge is 2.14. The van der Waals surface area contributed by atoms with Crippen LogP contribution in [-0.4, -0.2) is 58.8 Å². The number of aromatic nitrogens is 4. The number of aliphatic imine (C=N–C) groups is 1. The van der Waals surface area contributed by atoms with E-state index in [1.54, 1.807) is 13.2 Å². The maximum atomic E-state index is 4.58. The summed E-state index contributed by atoms with van der Waals surface area (Å²) in [4.78, 5) is 20.0. The topological polar surface area (TPSA) is 82.7 Å². The van der Waals surface area contributed by atoms with E-state index in [9.17, 15) is 0 Å². The van der Waals surface area contributed by atoms with Gasteiger partial charge in [-0.2, -0.15) is 0 Å². The molecular formula is C24H36N8. The van der Waals surface area contributed by atoms with E-state index in [0.29, 0.717) is 5.82 Å². The number of rotatable bonds is 5. The predicted octanol–water partition coefficient (Wildman–Crippen LogP) is 4.43. The number of hydrogen-bond donors (Lipinski definition) is 2. The normalized spacial score (nSPS) is 13.9. The van der Waals surface area contributed by atoms with Gasteiger partial charge in [0, 0.05) is 75.4 Å². The molecule has 0 saturated carbocycles. The molecule has 1 saturated heterocycles. The fourth-order valence-electron chi connectivity index (χ4n) is 3.35. The van der Waals surface area contributed by atoms with Crippen molar-refractivity contribution in [2.24, 2.45) is 4.99 Å². The van der Waals surface area contributed by atoms with Gasteiger partial charge in [0.2, 0.25) is 0 Å². The summed E-state index contributed by atoms with van der Waals surface area (Å²) in [6.07, 6.45) is 11.2. The number of nitrogens with one attached hydrogen (secondary N) is 2. The Morgan fingerprint density at radius 1 is 1.09 bits per heavy atom. The monoisotopic (exact) mass is 436 g/mol. The van der Waals surface area contributed by atoms with Gasteiger partial charge in [-0.05, 0) is 13.0 Å². The summed E-state index contributed by atoms with van der Waals surface area (Å²) in [5, 5.41) is 6.76. The SMILES string of the molecule is C/C=C(\C=NC)c1cnc2c(Nc3ccnc(N4CCNCC4)c3)nccn12.CC.CC. The van der Waals surface area contributed by atoms with Crippen LogP contribution in [0.4, 0.5) is 17.3 Å². The van der Waals surface area contributed by atoms with Crippen molar-refractivity contribution >= 4 is 34.8 Å². The summed E-state index contributed by atoms with van der Waals surface area (Å²) in [7, 11) is 1.76. The number of piperazine rings is 1. The molecular weight excluding hydrogens is 400 g/mol. The zero-order chi connectivity index (χ0) is 23.3. The maximum absolute atomic E-state index is 4.58. The first kappa shape index (κ1) is 25.0. The summed E-state index contributed by atoms with van der Waals surface area (Å²) in [6.45, 7) is 13.9. The smallest absolute Gasteiger partial charge is 0.180 e. The number of anilines is 3. The summed E-state index contributed by atoms with van der Waals surface area (Å²) >= 11 is 0. The summed E-state index contributed by atoms with van der Waals surface area (Å²) in [5.74, 6) is 1.67. The minimum atomic E-state index is 0.704. The molecule has 1 aliphatic rings. The molecule has 0 unspecified atom stereocenters. The lowest BCUT2D eigenvalue weighted by atomic mass is 10.2. The highest BCUT2D eigenvalue weighted by Crippen LogP contribution is 2.24. The van der Waals surface area contributed by atoms with Crippen LogP contribution in [0.3, 0.4) is 0 Å². The van der Waals surface area contributed by atoms with E-state index >= 15 is 0 Å². The lowest BCUT2D eigenvalue weighted by molar-refractivity contribution is 0.585. The Balaban J connectivity index is 0.000000860. The Morgan fingerprint density at radius 3 is 2.53 bits per heavy atom. The Labute approximate surface area is 191 Å². The van der Waals surface area contributed by atoms with Gasteiger partial charge in [0.25, 0.3) is 0 Å². The Bertz CT molecular complexity index is 1020. The van der Waals surface area contributed by atoms with Crippen molar-refractivity contribution in [2.75, 3.05) is 43.4 Å². The zero-order valence-electron chi connectivity index (χ0n) is 20.1. The standard InChI is InChI=1S/C20H24N8.2C2H6/c1-3-15(13-21-2)17-14-25-20-19(24-8-11-28(17)20)26-16-4-5-23-18(12-16)27-9-6-22-7-10-27;2*1-2/h3-5,8,11-14,22H,6-7,9-10H2,1-2H3,(H,23,24,26);2*1-2H3/b15-3+,21-13?;;. The number of allylic oxidation sites excluding steroid dienone is 2. The summed E-state index contributed by atoms with van der Waals surface area (Å²) in [6, 6.07) is 4.00. The third kappa shape index (κ3) is 5.91. The van der Waals surface area contributed by atoms with Crippen LogP contribution in [0.1, 0.15) is 40.3 Å². The minimum absolute atomic E-state index is 0.704. The first-order valence-electron chi connectivity index (χ1n) is 11.4. The molecule has 2 N–H and O–H groups in total. The van der Waals surface area contributed by atoms with E-state index in [1.807, 2.05) is 76.0 Å². The van der Waals surface area contributed by atoms with Crippen LogP contribution in [0.2, 0.25) is 0 Å². The molecule has 0 amide bonds. The minimum Gasteiger partial charge on any atom is -0.354 e. The van der Waals surface area contributed by atoms with Crippen molar-refractivity contribution in [2.45, 2.75) is 34.6 Å². The molecule has 4 heterocycles. The molecule has 3 aromatic heterocycles. The molecule has 0 aliphatic carbocycles. The molecule has 4 rings (SSSR count). The van der Waals surface area contributed by atoms with E-state index in [1.165, 1.54) is 0 Å². The van der Waals surface area contributed by atoms with Crippen molar-refractivity contribution in [3.05, 3.63) is 48.7 Å². The lowest BCUT2D eigenvalue weighted by Gasteiger charge is -2.28. The number of fused-ring (bicyclic) bond motifs is 1. The molecule has 0 radical (unpaired) electrons. The van der Waals surface area contributed by atoms with Crippen molar-refractivity contribution in [3.8, 4) is 0 Å². The van der Waals surface area contributed by atoms with Gasteiger partial charge >= 0.3 is 0 Å². The quantitative estimate of drug-likeness (QED) is 0.576. The predicted molar refractivity (Wildman–Crippen MR) is 136 cm³/mol. The van der Waals surface area contributed by atoms with Crippen LogP contribution in [0.15, 0.2) is 48.0 Å². The van der Waals surface area contributed by atoms with E-state index in [4.69, 9.17) is 0 Å². The molecule has 1 aliphatic heterocycles. The second-order valence-electron chi connectivity index (χ2n) is 6.51. The fraction of sp³-hybridized carbons (Fsp3) is 0.417. The first-order valence-corrected chi connectivity index (χ1v) is 11.4. The van der Waals surface area contributed by atoms with Gasteiger partial charge < -0.3 is 15.5 Å². The van der Waals surface area contributed by atoms with Gasteiger partial charge in [-0.15, -0.1) is 0 Å². The second kappa shape index (κ2) is 13.2. The lowest BCUT2D eigenvalue weighted by Crippen LogP contribution is -2.43. The summed E-state index contributed by atoms with van der Waals surface area (Å²) < 4.78 is 2.02. The van der Waals surface area contributed by atoms with Gasteiger partial charge in [-0.1, -0.05) is 33.8 Å². The second-order valence-corrected chi connectivity index (χ2v) is 6.51. The molecule has 1 fully saturated rings. The largest absolute Gasteiger partial charge is 0.354 e. The molecule has 32 heavy (non-hydrogen) atoms. The molecule has 0 bridgehead atoms. The number of imidazole rings is 1. The molecule has 172 valence electrons. The molecule has 0 spiro atoms. The van der Waals surface area contributed by atoms with Crippen LogP contribution in [-0.2, 0) is 0 Å². The van der Waals surface area contributed by atoms with Crippen LogP contribution in [0, 0.1) is 0 Å². The maximum Gasteiger partial charge on any atom is 0.180 e. The number of nitrogens with zero attached hydrogens (tertiary/aromatic N) is 6. The van der Waals surface area contributed by atoms with Crippen LogP contribution in [0.25, 0.3) is 11.2 Å². The van der Waals surface area contributed by atoms with Gasteiger partial charge in [-0.3, -0.25) is 9.39 Å². The van der Waals surface area contributed by atoms with E-state index < -0.39 is 0 Å². The van der Waals surface area contributed by atoms with Gasteiger partial charge in [-0.25, -0.2) is 15.0 Å². The average Bonchev–Trinajstić information content (AvgIpc) is 3.31. The number of hydrogen-bond acceptors (Lipinski definition) is 7. The van der Waals surface area contributed by atoms with E-state index in [-0.39, 0.29) is 0 Å². The Hall–Kier alpha value is -3.26. The highest BCUT2D eigenvalue weighted by atomic mass is 15.2. The zero-order valence-corrected chi connectivity index (χ0v) is 20.1. The molecule has 3 aromatic rings. The molecule has 8 nitrogen and oxygen atoms in total. The van der Waals surface area contributed by atoms with Gasteiger partial charge in [0.05, 0.1) is 11.9 Å².